The topological polar surface area (TPSA) is 93.6 Å². The molecule has 5 aromatic rings. The number of aromatic amines is 1. The Hall–Kier alpha value is -4.27. The number of carbonyl (C=O) groups is 1. The van der Waals surface area contributed by atoms with Gasteiger partial charge in [0.1, 0.15) is 0 Å². The van der Waals surface area contributed by atoms with Crippen LogP contribution >= 0.6 is 11.3 Å². The number of carbonyl (C=O) groups excluding carboxylic acids is 1. The number of aliphatic imine (C=N–C) groups is 1. The van der Waals surface area contributed by atoms with Crippen LogP contribution in [-0.2, 0) is 6.54 Å². The fraction of sp³-hybridized carbons (Fsp3) is 0.167. The third kappa shape index (κ3) is 5.09. The molecule has 0 unspecified atom stereocenters. The normalized spacial score (nSPS) is 14.3. The van der Waals surface area contributed by atoms with E-state index in [1.54, 1.807) is 17.6 Å². The van der Waals surface area contributed by atoms with Crippen LogP contribution in [0.3, 0.4) is 0 Å². The number of fused-ring (bicyclic) bond motifs is 1. The molecule has 2 aromatic heterocycles. The van der Waals surface area contributed by atoms with Gasteiger partial charge in [-0.15, -0.1) is 11.3 Å². The van der Waals surface area contributed by atoms with E-state index in [1.165, 1.54) is 29.7 Å². The first-order chi connectivity index (χ1) is 18.6. The number of anilines is 1. The summed E-state index contributed by atoms with van der Waals surface area (Å²) in [6.45, 7) is 3.28. The summed E-state index contributed by atoms with van der Waals surface area (Å²) in [6, 6.07) is 23.7. The Morgan fingerprint density at radius 3 is 2.58 bits per heavy atom. The number of hydrogen-bond acceptors (Lipinski definition) is 6. The summed E-state index contributed by atoms with van der Waals surface area (Å²) in [5.74, 6) is -0.244. The lowest BCUT2D eigenvalue weighted by Gasteiger charge is -2.14. The second-order valence-electron chi connectivity index (χ2n) is 9.38. The predicted octanol–water partition coefficient (Wildman–Crippen LogP) is 6.35. The van der Waals surface area contributed by atoms with Crippen LogP contribution in [-0.4, -0.2) is 44.7 Å². The molecule has 3 N–H and O–H groups in total. The Labute approximate surface area is 224 Å². The number of aromatic hydroxyl groups is 1. The summed E-state index contributed by atoms with van der Waals surface area (Å²) in [7, 11) is 0. The third-order valence-corrected chi connectivity index (χ3v) is 7.50. The number of H-pyrrole nitrogens is 1. The molecule has 7 nitrogen and oxygen atoms in total. The van der Waals surface area contributed by atoms with E-state index in [9.17, 15) is 9.90 Å². The van der Waals surface area contributed by atoms with Crippen LogP contribution in [0.5, 0.6) is 5.88 Å². The van der Waals surface area contributed by atoms with Crippen molar-refractivity contribution in [3.05, 3.63) is 106 Å². The number of thiazole rings is 1. The van der Waals surface area contributed by atoms with Gasteiger partial charge in [-0.25, -0.2) is 9.98 Å². The average molecular weight is 522 g/mol. The highest BCUT2D eigenvalue weighted by molar-refractivity contribution is 7.11. The maximum atomic E-state index is 12.5. The van der Waals surface area contributed by atoms with Crippen LogP contribution < -0.4 is 5.32 Å². The molecule has 3 aromatic carbocycles. The molecule has 0 bridgehead atoms. The van der Waals surface area contributed by atoms with Gasteiger partial charge >= 0.3 is 0 Å². The van der Waals surface area contributed by atoms with Gasteiger partial charge in [-0.1, -0.05) is 42.5 Å². The summed E-state index contributed by atoms with van der Waals surface area (Å²) >= 11 is 1.28. The van der Waals surface area contributed by atoms with Crippen molar-refractivity contribution < 1.29 is 9.90 Å². The highest BCUT2D eigenvalue weighted by Crippen LogP contribution is 2.33. The van der Waals surface area contributed by atoms with E-state index < -0.39 is 0 Å². The predicted molar refractivity (Wildman–Crippen MR) is 153 cm³/mol. The highest BCUT2D eigenvalue weighted by atomic mass is 32.1. The van der Waals surface area contributed by atoms with Crippen LogP contribution in [0, 0.1) is 0 Å². The summed E-state index contributed by atoms with van der Waals surface area (Å²) in [4.78, 5) is 27.1. The second-order valence-corrected chi connectivity index (χ2v) is 10.3. The van der Waals surface area contributed by atoms with E-state index in [0.29, 0.717) is 27.5 Å². The van der Waals surface area contributed by atoms with Gasteiger partial charge in [-0.05, 0) is 61.8 Å². The first-order valence-corrected chi connectivity index (χ1v) is 13.5. The van der Waals surface area contributed by atoms with Crippen molar-refractivity contribution in [2.45, 2.75) is 19.4 Å². The number of nitrogens with one attached hydrogen (secondary N) is 2. The molecule has 1 aliphatic rings. The zero-order chi connectivity index (χ0) is 25.9. The Balaban J connectivity index is 1.35. The molecule has 1 saturated heterocycles. The van der Waals surface area contributed by atoms with Crippen molar-refractivity contribution in [2.24, 2.45) is 4.99 Å². The van der Waals surface area contributed by atoms with Crippen LogP contribution in [0.4, 0.5) is 11.4 Å². The molecule has 0 radical (unpaired) electrons. The second kappa shape index (κ2) is 10.6. The summed E-state index contributed by atoms with van der Waals surface area (Å²) in [5.41, 5.74) is 5.57. The standard InChI is InChI=1S/C30H27N5O2S/c36-28-26(24-13-12-23(18-25(24)34-28)33-29(37)30-31-14-17-38-30)27(21-6-2-1-3-7-21)32-22-10-8-20(9-11-22)19-35-15-4-5-16-35/h1-3,6-14,17-18,34,36H,4-5,15-16,19H2,(H,33,37). The van der Waals surface area contributed by atoms with Crippen molar-refractivity contribution in [2.75, 3.05) is 18.4 Å². The minimum absolute atomic E-state index is 0.0247. The van der Waals surface area contributed by atoms with Crippen LogP contribution in [0.2, 0.25) is 0 Å². The minimum atomic E-state index is -0.268. The molecule has 6 rings (SSSR count). The van der Waals surface area contributed by atoms with Crippen molar-refractivity contribution in [3.63, 3.8) is 0 Å². The van der Waals surface area contributed by atoms with E-state index in [2.05, 4.69) is 32.3 Å². The largest absolute Gasteiger partial charge is 0.494 e. The van der Waals surface area contributed by atoms with Crippen LogP contribution in [0.1, 0.15) is 39.3 Å². The number of aromatic nitrogens is 2. The summed E-state index contributed by atoms with van der Waals surface area (Å²) in [6.07, 6.45) is 4.15. The zero-order valence-electron chi connectivity index (χ0n) is 20.7. The monoisotopic (exact) mass is 521 g/mol. The van der Waals surface area contributed by atoms with Gasteiger partial charge in [0.2, 0.25) is 0 Å². The molecule has 0 atom stereocenters. The first-order valence-electron chi connectivity index (χ1n) is 12.7. The Bertz CT molecular complexity index is 1590. The number of hydrogen-bond donors (Lipinski definition) is 3. The van der Waals surface area contributed by atoms with Gasteiger partial charge in [0.25, 0.3) is 5.91 Å². The van der Waals surface area contributed by atoms with E-state index in [4.69, 9.17) is 4.99 Å². The van der Waals surface area contributed by atoms with E-state index in [0.717, 1.165) is 36.3 Å². The van der Waals surface area contributed by atoms with Crippen LogP contribution in [0.15, 0.2) is 89.4 Å². The number of likely N-dealkylation sites (tertiary alicyclic amines) is 1. The molecule has 1 fully saturated rings. The lowest BCUT2D eigenvalue weighted by molar-refractivity contribution is 0.102. The Morgan fingerprint density at radius 2 is 1.84 bits per heavy atom. The van der Waals surface area contributed by atoms with Crippen molar-refractivity contribution in [1.82, 2.24) is 14.9 Å². The molecular weight excluding hydrogens is 494 g/mol. The highest BCUT2D eigenvalue weighted by Gasteiger charge is 2.20. The van der Waals surface area contributed by atoms with E-state index >= 15 is 0 Å². The average Bonchev–Trinajstić information content (AvgIpc) is 3.71. The molecule has 0 spiro atoms. The van der Waals surface area contributed by atoms with Gasteiger partial charge in [-0.2, -0.15) is 0 Å². The molecule has 190 valence electrons. The van der Waals surface area contributed by atoms with Gasteiger partial charge in [0.15, 0.2) is 10.9 Å². The first kappa shape index (κ1) is 24.1. The van der Waals surface area contributed by atoms with Crippen molar-refractivity contribution in [3.8, 4) is 5.88 Å². The minimum Gasteiger partial charge on any atom is -0.494 e. The smallest absolute Gasteiger partial charge is 0.284 e. The van der Waals surface area contributed by atoms with Crippen molar-refractivity contribution in [1.29, 1.82) is 0 Å². The fourth-order valence-electron chi connectivity index (χ4n) is 4.89. The molecule has 38 heavy (non-hydrogen) atoms. The molecule has 3 heterocycles. The third-order valence-electron chi connectivity index (χ3n) is 6.73. The Morgan fingerprint density at radius 1 is 1.05 bits per heavy atom. The molecule has 1 aliphatic heterocycles. The summed E-state index contributed by atoms with van der Waals surface area (Å²) in [5, 5.41) is 16.9. The molecule has 0 saturated carbocycles. The number of rotatable bonds is 7. The molecule has 1 amide bonds. The van der Waals surface area contributed by atoms with Crippen molar-refractivity contribution >= 4 is 45.2 Å². The van der Waals surface area contributed by atoms with Gasteiger partial charge in [0.05, 0.1) is 22.5 Å². The van der Waals surface area contributed by atoms with Gasteiger partial charge in [0, 0.05) is 34.8 Å². The quantitative estimate of drug-likeness (QED) is 0.218. The number of nitrogens with zero attached hydrogens (tertiary/aromatic N) is 3. The lowest BCUT2D eigenvalue weighted by Crippen LogP contribution is -2.18. The van der Waals surface area contributed by atoms with Crippen LogP contribution in [0.25, 0.3) is 10.9 Å². The maximum absolute atomic E-state index is 12.5. The molecule has 0 aliphatic carbocycles. The maximum Gasteiger partial charge on any atom is 0.284 e. The molecule has 8 heteroatoms. The van der Waals surface area contributed by atoms with E-state index in [1.807, 2.05) is 54.6 Å². The number of benzene rings is 3. The lowest BCUT2D eigenvalue weighted by atomic mass is 10.0. The summed E-state index contributed by atoms with van der Waals surface area (Å²) < 4.78 is 0. The van der Waals surface area contributed by atoms with Gasteiger partial charge < -0.3 is 15.4 Å². The number of amides is 1. The van der Waals surface area contributed by atoms with Gasteiger partial charge in [-0.3, -0.25) is 9.69 Å². The zero-order valence-corrected chi connectivity index (χ0v) is 21.5. The SMILES string of the molecule is O=C(Nc1ccc2c(C(=Nc3ccc(CN4CCCC4)cc3)c3ccccc3)c(O)[nH]c2c1)c1nccs1. The Kier molecular flexibility index (Phi) is 6.73. The van der Waals surface area contributed by atoms with E-state index in [-0.39, 0.29) is 11.8 Å². The fourth-order valence-corrected chi connectivity index (χ4v) is 5.42. The molecular formula is C30H27N5O2S.